The first-order valence-corrected chi connectivity index (χ1v) is 5.59. The first-order chi connectivity index (χ1) is 7.25. The maximum Gasteiger partial charge on any atom is 0.112 e. The van der Waals surface area contributed by atoms with Gasteiger partial charge in [-0.2, -0.15) is 0 Å². The molecule has 0 aliphatic heterocycles. The van der Waals surface area contributed by atoms with Gasteiger partial charge in [0.15, 0.2) is 0 Å². The summed E-state index contributed by atoms with van der Waals surface area (Å²) in [6.07, 6.45) is 1.83. The number of nitrogens with zero attached hydrogens (tertiary/aromatic N) is 2. The molecular formula is C11H13N3S. The van der Waals surface area contributed by atoms with E-state index in [1.165, 1.54) is 0 Å². The molecule has 0 spiro atoms. The van der Waals surface area contributed by atoms with Crippen molar-refractivity contribution in [3.63, 3.8) is 0 Å². The molecule has 1 heterocycles. The molecule has 0 saturated carbocycles. The molecule has 1 aromatic heterocycles. The van der Waals surface area contributed by atoms with Gasteiger partial charge in [-0.1, -0.05) is 6.07 Å². The molecule has 78 valence electrons. The molecule has 0 bridgehead atoms. The van der Waals surface area contributed by atoms with Crippen molar-refractivity contribution in [3.05, 3.63) is 40.8 Å². The quantitative estimate of drug-likeness (QED) is 0.806. The summed E-state index contributed by atoms with van der Waals surface area (Å²) in [7, 11) is 2.04. The van der Waals surface area contributed by atoms with Gasteiger partial charge < -0.3 is 10.6 Å². The molecule has 0 aliphatic carbocycles. The number of benzene rings is 1. The Morgan fingerprint density at radius 1 is 1.47 bits per heavy atom. The number of nitrogens with two attached hydrogens (primary N) is 1. The van der Waals surface area contributed by atoms with Crippen LogP contribution in [0.25, 0.3) is 0 Å². The van der Waals surface area contributed by atoms with Crippen LogP contribution < -0.4 is 10.6 Å². The molecule has 1 aromatic carbocycles. The number of thiazole rings is 1. The predicted octanol–water partition coefficient (Wildman–Crippen LogP) is 2.36. The third kappa shape index (κ3) is 2.47. The SMILES string of the molecule is CN(Cc1nccs1)c1cccc(N)c1. The van der Waals surface area contributed by atoms with Crippen LogP contribution in [0.5, 0.6) is 0 Å². The van der Waals surface area contributed by atoms with E-state index in [-0.39, 0.29) is 0 Å². The lowest BCUT2D eigenvalue weighted by atomic mass is 10.2. The minimum Gasteiger partial charge on any atom is -0.399 e. The van der Waals surface area contributed by atoms with Gasteiger partial charge in [0.2, 0.25) is 0 Å². The zero-order valence-corrected chi connectivity index (χ0v) is 9.37. The highest BCUT2D eigenvalue weighted by Crippen LogP contribution is 2.18. The van der Waals surface area contributed by atoms with E-state index in [0.29, 0.717) is 0 Å². The summed E-state index contributed by atoms with van der Waals surface area (Å²) in [5.74, 6) is 0. The summed E-state index contributed by atoms with van der Waals surface area (Å²) in [6, 6.07) is 7.86. The fourth-order valence-electron chi connectivity index (χ4n) is 1.39. The molecule has 2 N–H and O–H groups in total. The number of aromatic nitrogens is 1. The van der Waals surface area contributed by atoms with Crippen LogP contribution in [-0.4, -0.2) is 12.0 Å². The Balaban J connectivity index is 2.11. The second-order valence-electron chi connectivity index (χ2n) is 3.38. The van der Waals surface area contributed by atoms with E-state index in [0.717, 1.165) is 22.9 Å². The highest BCUT2D eigenvalue weighted by atomic mass is 32.1. The van der Waals surface area contributed by atoms with E-state index in [1.807, 2.05) is 42.9 Å². The largest absolute Gasteiger partial charge is 0.399 e. The van der Waals surface area contributed by atoms with Gasteiger partial charge >= 0.3 is 0 Å². The molecule has 0 saturated heterocycles. The molecule has 0 fully saturated rings. The van der Waals surface area contributed by atoms with Crippen LogP contribution in [0.4, 0.5) is 11.4 Å². The smallest absolute Gasteiger partial charge is 0.112 e. The molecule has 0 atom stereocenters. The molecule has 3 nitrogen and oxygen atoms in total. The Labute approximate surface area is 93.2 Å². The van der Waals surface area contributed by atoms with Crippen LogP contribution in [-0.2, 0) is 6.54 Å². The van der Waals surface area contributed by atoms with E-state index in [9.17, 15) is 0 Å². The second-order valence-corrected chi connectivity index (χ2v) is 4.36. The third-order valence-corrected chi connectivity index (χ3v) is 2.93. The molecule has 15 heavy (non-hydrogen) atoms. The fourth-order valence-corrected chi connectivity index (χ4v) is 2.06. The minimum atomic E-state index is 0.790. The van der Waals surface area contributed by atoms with Crippen molar-refractivity contribution in [2.45, 2.75) is 6.54 Å². The Kier molecular flexibility index (Phi) is 2.87. The first kappa shape index (κ1) is 9.98. The number of nitrogen functional groups attached to an aromatic ring is 1. The van der Waals surface area contributed by atoms with Crippen LogP contribution in [0, 0.1) is 0 Å². The molecule has 0 unspecified atom stereocenters. The van der Waals surface area contributed by atoms with E-state index in [1.54, 1.807) is 11.3 Å². The Morgan fingerprint density at radius 2 is 2.33 bits per heavy atom. The van der Waals surface area contributed by atoms with Gasteiger partial charge in [0.05, 0.1) is 6.54 Å². The van der Waals surface area contributed by atoms with Gasteiger partial charge in [-0.25, -0.2) is 4.98 Å². The normalized spacial score (nSPS) is 10.2. The van der Waals surface area contributed by atoms with Crippen LogP contribution in [0.15, 0.2) is 35.8 Å². The minimum absolute atomic E-state index is 0.790. The van der Waals surface area contributed by atoms with Crippen LogP contribution in [0.3, 0.4) is 0 Å². The molecular weight excluding hydrogens is 206 g/mol. The standard InChI is InChI=1S/C11H13N3S/c1-14(8-11-13-5-6-15-11)10-4-2-3-9(12)7-10/h2-7H,8,12H2,1H3. The lowest BCUT2D eigenvalue weighted by Crippen LogP contribution is -2.16. The van der Waals surface area contributed by atoms with Crippen molar-refractivity contribution >= 4 is 22.7 Å². The van der Waals surface area contributed by atoms with E-state index in [4.69, 9.17) is 5.73 Å². The highest BCUT2D eigenvalue weighted by molar-refractivity contribution is 7.09. The van der Waals surface area contributed by atoms with Gasteiger partial charge in [-0.05, 0) is 18.2 Å². The van der Waals surface area contributed by atoms with E-state index >= 15 is 0 Å². The molecule has 0 aliphatic rings. The van der Waals surface area contributed by atoms with E-state index in [2.05, 4.69) is 9.88 Å². The first-order valence-electron chi connectivity index (χ1n) is 4.71. The van der Waals surface area contributed by atoms with Gasteiger partial charge in [0.25, 0.3) is 0 Å². The highest BCUT2D eigenvalue weighted by Gasteiger charge is 2.03. The average Bonchev–Trinajstić information content (AvgIpc) is 2.70. The zero-order chi connectivity index (χ0) is 10.7. The lowest BCUT2D eigenvalue weighted by molar-refractivity contribution is 0.911. The maximum atomic E-state index is 5.73. The average molecular weight is 219 g/mol. The van der Waals surface area contributed by atoms with Crippen LogP contribution >= 0.6 is 11.3 Å². The van der Waals surface area contributed by atoms with Crippen molar-refractivity contribution < 1.29 is 0 Å². The number of hydrogen-bond donors (Lipinski definition) is 1. The molecule has 0 radical (unpaired) electrons. The Bertz CT molecular complexity index is 425. The summed E-state index contributed by atoms with van der Waals surface area (Å²) in [5, 5.41) is 3.10. The van der Waals surface area contributed by atoms with Gasteiger partial charge in [0.1, 0.15) is 5.01 Å². The maximum absolute atomic E-state index is 5.73. The molecule has 0 amide bonds. The summed E-state index contributed by atoms with van der Waals surface area (Å²) >= 11 is 1.67. The van der Waals surface area contributed by atoms with Gasteiger partial charge in [-0.15, -0.1) is 11.3 Å². The molecule has 4 heteroatoms. The van der Waals surface area contributed by atoms with Gasteiger partial charge in [0, 0.05) is 30.0 Å². The van der Waals surface area contributed by atoms with Crippen molar-refractivity contribution in [2.24, 2.45) is 0 Å². The topological polar surface area (TPSA) is 42.2 Å². The van der Waals surface area contributed by atoms with Gasteiger partial charge in [-0.3, -0.25) is 0 Å². The van der Waals surface area contributed by atoms with Crippen molar-refractivity contribution in [2.75, 3.05) is 17.7 Å². The summed E-state index contributed by atoms with van der Waals surface area (Å²) in [4.78, 5) is 6.38. The Morgan fingerprint density at radius 3 is 3.00 bits per heavy atom. The zero-order valence-electron chi connectivity index (χ0n) is 8.55. The second kappa shape index (κ2) is 4.31. The number of anilines is 2. The lowest BCUT2D eigenvalue weighted by Gasteiger charge is -2.17. The number of rotatable bonds is 3. The summed E-state index contributed by atoms with van der Waals surface area (Å²) in [5.41, 5.74) is 7.64. The van der Waals surface area contributed by atoms with Crippen molar-refractivity contribution in [3.8, 4) is 0 Å². The van der Waals surface area contributed by atoms with Crippen LogP contribution in [0.2, 0.25) is 0 Å². The molecule has 2 rings (SSSR count). The number of hydrogen-bond acceptors (Lipinski definition) is 4. The fraction of sp³-hybridized carbons (Fsp3) is 0.182. The van der Waals surface area contributed by atoms with E-state index < -0.39 is 0 Å². The van der Waals surface area contributed by atoms with Crippen molar-refractivity contribution in [1.29, 1.82) is 0 Å². The van der Waals surface area contributed by atoms with Crippen LogP contribution in [0.1, 0.15) is 5.01 Å². The monoisotopic (exact) mass is 219 g/mol. The van der Waals surface area contributed by atoms with Crippen molar-refractivity contribution in [1.82, 2.24) is 4.98 Å². The third-order valence-electron chi connectivity index (χ3n) is 2.17. The Hall–Kier alpha value is -1.55. The molecule has 2 aromatic rings. The summed E-state index contributed by atoms with van der Waals surface area (Å²) in [6.45, 7) is 0.821. The predicted molar refractivity (Wildman–Crippen MR) is 65.1 cm³/mol. The summed E-state index contributed by atoms with van der Waals surface area (Å²) < 4.78 is 0.